The Morgan fingerprint density at radius 3 is 1.97 bits per heavy atom. The smallest absolute Gasteiger partial charge is 0.326 e. The quantitative estimate of drug-likeness (QED) is 0.177. The number of carboxylic acid groups (broad SMARTS) is 1. The van der Waals surface area contributed by atoms with Crippen LogP contribution in [0.2, 0.25) is 0 Å². The highest BCUT2D eigenvalue weighted by Gasteiger charge is 2.28. The first-order valence-corrected chi connectivity index (χ1v) is 11.4. The summed E-state index contributed by atoms with van der Waals surface area (Å²) in [5.74, 6) is -2.99. The molecule has 0 fully saturated rings. The van der Waals surface area contributed by atoms with Crippen LogP contribution in [-0.2, 0) is 24.0 Å². The number of carbonyl (C=O) groups excluding carboxylic acids is 4. The maximum atomic E-state index is 12.6. The minimum Gasteiger partial charge on any atom is -0.480 e. The summed E-state index contributed by atoms with van der Waals surface area (Å²) in [5.41, 5.74) is 10.9. The number of carboxylic acids is 1. The Hall–Kier alpha value is -2.34. The van der Waals surface area contributed by atoms with E-state index >= 15 is 0 Å². The normalized spacial score (nSPS) is 14.8. The van der Waals surface area contributed by atoms with Crippen LogP contribution in [-0.4, -0.2) is 70.9 Å². The minimum absolute atomic E-state index is 0.169. The molecule has 8 N–H and O–H groups in total. The molecule has 0 aliphatic carbocycles. The third-order valence-electron chi connectivity index (χ3n) is 4.35. The number of primary amides is 1. The second kappa shape index (κ2) is 14.6. The number of aliphatic carboxylic acids is 1. The fourth-order valence-electron chi connectivity index (χ4n) is 2.62. The van der Waals surface area contributed by atoms with Crippen molar-refractivity contribution >= 4 is 41.4 Å². The fourth-order valence-corrected chi connectivity index (χ4v) is 3.09. The second-order valence-electron chi connectivity index (χ2n) is 7.71. The molecule has 0 bridgehead atoms. The molecule has 0 aromatic carbocycles. The highest BCUT2D eigenvalue weighted by Crippen LogP contribution is 2.06. The van der Waals surface area contributed by atoms with Crippen molar-refractivity contribution in [3.05, 3.63) is 0 Å². The third-order valence-corrected chi connectivity index (χ3v) is 5.00. The maximum Gasteiger partial charge on any atom is 0.326 e. The van der Waals surface area contributed by atoms with E-state index in [-0.39, 0.29) is 18.8 Å². The molecule has 0 aromatic rings. The van der Waals surface area contributed by atoms with E-state index in [1.54, 1.807) is 0 Å². The van der Waals surface area contributed by atoms with Gasteiger partial charge in [0.05, 0.1) is 6.04 Å². The molecule has 0 aliphatic heterocycles. The van der Waals surface area contributed by atoms with Crippen LogP contribution < -0.4 is 27.4 Å². The molecule has 11 nitrogen and oxygen atoms in total. The Morgan fingerprint density at radius 1 is 0.903 bits per heavy atom. The molecule has 4 unspecified atom stereocenters. The first-order valence-electron chi connectivity index (χ1n) is 10.1. The zero-order chi connectivity index (χ0) is 24.1. The summed E-state index contributed by atoms with van der Waals surface area (Å²) < 4.78 is 0. The Morgan fingerprint density at radius 2 is 1.48 bits per heavy atom. The number of hydrogen-bond acceptors (Lipinski definition) is 7. The lowest BCUT2D eigenvalue weighted by Gasteiger charge is -2.23. The van der Waals surface area contributed by atoms with Crippen LogP contribution in [0.15, 0.2) is 0 Å². The van der Waals surface area contributed by atoms with Crippen LogP contribution in [0.25, 0.3) is 0 Å². The van der Waals surface area contributed by atoms with Gasteiger partial charge in [0.25, 0.3) is 0 Å². The molecular formula is C19H35N5O6S. The van der Waals surface area contributed by atoms with Crippen molar-refractivity contribution in [1.82, 2.24) is 16.0 Å². The molecule has 0 saturated heterocycles. The first kappa shape index (κ1) is 28.7. The molecule has 12 heteroatoms. The van der Waals surface area contributed by atoms with Gasteiger partial charge in [-0.3, -0.25) is 19.2 Å². The zero-order valence-corrected chi connectivity index (χ0v) is 19.3. The third kappa shape index (κ3) is 12.2. The van der Waals surface area contributed by atoms with Gasteiger partial charge in [0.2, 0.25) is 23.6 Å². The van der Waals surface area contributed by atoms with Gasteiger partial charge in [-0.15, -0.1) is 0 Å². The molecular weight excluding hydrogens is 426 g/mol. The first-order chi connectivity index (χ1) is 14.4. The van der Waals surface area contributed by atoms with Crippen LogP contribution in [0.5, 0.6) is 0 Å². The van der Waals surface area contributed by atoms with Crippen LogP contribution in [0.3, 0.4) is 0 Å². The van der Waals surface area contributed by atoms with Crippen LogP contribution in [0.1, 0.15) is 46.5 Å². The van der Waals surface area contributed by atoms with E-state index in [2.05, 4.69) is 16.0 Å². The topological polar surface area (TPSA) is 194 Å². The van der Waals surface area contributed by atoms with Gasteiger partial charge in [-0.05, 0) is 44.1 Å². The van der Waals surface area contributed by atoms with Crippen molar-refractivity contribution in [3.63, 3.8) is 0 Å². The highest BCUT2D eigenvalue weighted by atomic mass is 32.2. The van der Waals surface area contributed by atoms with Gasteiger partial charge < -0.3 is 32.5 Å². The van der Waals surface area contributed by atoms with Crippen molar-refractivity contribution in [3.8, 4) is 0 Å². The number of thioether (sulfide) groups is 1. The van der Waals surface area contributed by atoms with Crippen LogP contribution >= 0.6 is 11.8 Å². The molecule has 0 saturated carbocycles. The second-order valence-corrected chi connectivity index (χ2v) is 8.70. The molecule has 0 aromatic heterocycles. The van der Waals surface area contributed by atoms with Crippen molar-refractivity contribution in [2.75, 3.05) is 12.0 Å². The van der Waals surface area contributed by atoms with E-state index in [9.17, 15) is 29.1 Å². The maximum absolute atomic E-state index is 12.6. The average molecular weight is 462 g/mol. The molecule has 4 atom stereocenters. The summed E-state index contributed by atoms with van der Waals surface area (Å²) in [5, 5.41) is 16.6. The molecule has 0 radical (unpaired) electrons. The summed E-state index contributed by atoms with van der Waals surface area (Å²) in [6.45, 7) is 5.25. The largest absolute Gasteiger partial charge is 0.480 e. The van der Waals surface area contributed by atoms with Crippen molar-refractivity contribution in [1.29, 1.82) is 0 Å². The number of nitrogens with two attached hydrogens (primary N) is 2. The van der Waals surface area contributed by atoms with Gasteiger partial charge in [-0.2, -0.15) is 11.8 Å². The SMILES string of the molecule is CSCCC(NC(=O)C(N)CC(C)C)C(=O)NC(C)C(=O)NC(CCC(N)=O)C(=O)O. The van der Waals surface area contributed by atoms with Gasteiger partial charge in [0.1, 0.15) is 18.1 Å². The summed E-state index contributed by atoms with van der Waals surface area (Å²) in [6, 6.07) is -4.04. The van der Waals surface area contributed by atoms with E-state index in [1.807, 2.05) is 20.1 Å². The molecule has 0 heterocycles. The van der Waals surface area contributed by atoms with E-state index in [1.165, 1.54) is 18.7 Å². The van der Waals surface area contributed by atoms with Gasteiger partial charge in [-0.25, -0.2) is 4.79 Å². The van der Waals surface area contributed by atoms with Crippen LogP contribution in [0.4, 0.5) is 0 Å². The lowest BCUT2D eigenvalue weighted by atomic mass is 10.0. The minimum atomic E-state index is -1.32. The number of nitrogens with one attached hydrogen (secondary N) is 3. The molecule has 0 spiro atoms. The van der Waals surface area contributed by atoms with Crippen molar-refractivity contribution < 1.29 is 29.1 Å². The highest BCUT2D eigenvalue weighted by molar-refractivity contribution is 7.98. The molecule has 4 amide bonds. The lowest BCUT2D eigenvalue weighted by molar-refractivity contribution is -0.142. The average Bonchev–Trinajstić information content (AvgIpc) is 2.66. The van der Waals surface area contributed by atoms with Gasteiger partial charge in [-0.1, -0.05) is 13.8 Å². The summed E-state index contributed by atoms with van der Waals surface area (Å²) in [7, 11) is 0. The van der Waals surface area contributed by atoms with Crippen molar-refractivity contribution in [2.24, 2.45) is 17.4 Å². The van der Waals surface area contributed by atoms with Gasteiger partial charge in [0, 0.05) is 6.42 Å². The fraction of sp³-hybridized carbons (Fsp3) is 0.737. The monoisotopic (exact) mass is 461 g/mol. The molecule has 0 aliphatic rings. The Balaban J connectivity index is 5.01. The van der Waals surface area contributed by atoms with Gasteiger partial charge >= 0.3 is 5.97 Å². The number of hydrogen-bond donors (Lipinski definition) is 6. The number of amides is 4. The van der Waals surface area contributed by atoms with Crippen molar-refractivity contribution in [2.45, 2.75) is 70.6 Å². The standard InChI is InChI=1S/C19H35N5O6S/c1-10(2)9-12(20)17(27)23-13(7-8-31-4)18(28)22-11(3)16(26)24-14(19(29)30)5-6-15(21)25/h10-14H,5-9,20H2,1-4H3,(H2,21,25)(H,22,28)(H,23,27)(H,24,26)(H,29,30). The van der Waals surface area contributed by atoms with Gasteiger partial charge in [0.15, 0.2) is 0 Å². The number of carbonyl (C=O) groups is 5. The predicted octanol–water partition coefficient (Wildman–Crippen LogP) is -1.06. The van der Waals surface area contributed by atoms with E-state index in [0.29, 0.717) is 18.6 Å². The summed E-state index contributed by atoms with van der Waals surface area (Å²) in [6.07, 6.45) is 2.27. The molecule has 31 heavy (non-hydrogen) atoms. The van der Waals surface area contributed by atoms with Crippen LogP contribution in [0, 0.1) is 5.92 Å². The Labute approximate surface area is 186 Å². The number of rotatable bonds is 15. The van der Waals surface area contributed by atoms with E-state index < -0.39 is 53.8 Å². The Bertz CT molecular complexity index is 645. The van der Waals surface area contributed by atoms with E-state index in [4.69, 9.17) is 11.5 Å². The molecule has 178 valence electrons. The summed E-state index contributed by atoms with van der Waals surface area (Å²) >= 11 is 1.49. The predicted molar refractivity (Wildman–Crippen MR) is 118 cm³/mol. The lowest BCUT2D eigenvalue weighted by Crippen LogP contribution is -2.56. The molecule has 0 rings (SSSR count). The summed E-state index contributed by atoms with van der Waals surface area (Å²) in [4.78, 5) is 59.4. The Kier molecular flexibility index (Phi) is 13.5. The zero-order valence-electron chi connectivity index (χ0n) is 18.5. The van der Waals surface area contributed by atoms with E-state index in [0.717, 1.165) is 0 Å².